The molecule has 0 fully saturated rings. The van der Waals surface area contributed by atoms with Crippen molar-refractivity contribution < 1.29 is 18.7 Å². The Hall–Kier alpha value is -3.48. The molecule has 3 aromatic carbocycles. The number of aliphatic imine (C=N–C) groups is 1. The second-order valence-corrected chi connectivity index (χ2v) is 14.7. The van der Waals surface area contributed by atoms with Crippen LogP contribution in [0.3, 0.4) is 0 Å². The normalized spacial score (nSPS) is 19.9. The van der Waals surface area contributed by atoms with Crippen LogP contribution in [-0.2, 0) is 18.7 Å². The minimum Gasteiger partial charge on any atom is -0.467 e. The van der Waals surface area contributed by atoms with Crippen molar-refractivity contribution in [3.63, 3.8) is 0 Å². The number of carbonyl (C=O) groups is 1. The van der Waals surface area contributed by atoms with Crippen molar-refractivity contribution in [2.24, 2.45) is 4.99 Å². The largest absolute Gasteiger partial charge is 0.467 e. The number of hydrogen-bond donors (Lipinski definition) is 0. The second kappa shape index (κ2) is 10.9. The summed E-state index contributed by atoms with van der Waals surface area (Å²) in [6.45, 7) is 8.85. The smallest absolute Gasteiger partial charge is 0.337 e. The molecule has 0 amide bonds. The molecule has 0 aliphatic carbocycles. The maximum atomic E-state index is 12.7. The lowest BCUT2D eigenvalue weighted by Crippen LogP contribution is -2.66. The molecule has 1 aliphatic heterocycles. The van der Waals surface area contributed by atoms with E-state index in [0.717, 1.165) is 5.56 Å². The molecule has 0 radical (unpaired) electrons. The number of benzene rings is 3. The summed E-state index contributed by atoms with van der Waals surface area (Å²) in [6, 6.07) is 30.6. The summed E-state index contributed by atoms with van der Waals surface area (Å²) in [6.07, 6.45) is 3.20. The Bertz CT molecular complexity index is 1210. The second-order valence-electron chi connectivity index (χ2n) is 10.4. The van der Waals surface area contributed by atoms with Gasteiger partial charge in [-0.25, -0.2) is 9.79 Å². The summed E-state index contributed by atoms with van der Waals surface area (Å²) in [5.74, 6) is -0.0166. The molecule has 1 aliphatic rings. The Morgan fingerprint density at radius 1 is 0.946 bits per heavy atom. The van der Waals surface area contributed by atoms with E-state index in [1.54, 1.807) is 6.92 Å². The average molecular weight is 514 g/mol. The highest BCUT2D eigenvalue weighted by molar-refractivity contribution is 6.99. The molecule has 0 unspecified atom stereocenters. The fourth-order valence-corrected chi connectivity index (χ4v) is 9.46. The van der Waals surface area contributed by atoms with E-state index >= 15 is 0 Å². The van der Waals surface area contributed by atoms with Crippen molar-refractivity contribution >= 4 is 30.6 Å². The van der Waals surface area contributed by atoms with Gasteiger partial charge < -0.3 is 13.9 Å². The molecule has 5 nitrogen and oxygen atoms in total. The van der Waals surface area contributed by atoms with Crippen molar-refractivity contribution in [3.8, 4) is 0 Å². The van der Waals surface area contributed by atoms with Crippen molar-refractivity contribution in [3.05, 3.63) is 109 Å². The maximum Gasteiger partial charge on any atom is 0.337 e. The van der Waals surface area contributed by atoms with Gasteiger partial charge in [0, 0.05) is 5.56 Å². The average Bonchev–Trinajstić information content (AvgIpc) is 3.26. The molecule has 192 valence electrons. The summed E-state index contributed by atoms with van der Waals surface area (Å²) in [7, 11) is -1.30. The van der Waals surface area contributed by atoms with Crippen LogP contribution in [0.2, 0.25) is 5.04 Å². The molecular weight excluding hydrogens is 478 g/mol. The third-order valence-electron chi connectivity index (χ3n) is 6.87. The first-order chi connectivity index (χ1) is 17.7. The van der Waals surface area contributed by atoms with Crippen LogP contribution in [0.4, 0.5) is 0 Å². The highest BCUT2D eigenvalue weighted by Crippen LogP contribution is 2.37. The SMILES string of the molecule is COC(=O)[C@@]1(C)N=C(c2ccccc2)O[C@H]1/C=C/CO[Si](c1ccccc1)(c1ccccc1)C(C)(C)C. The third kappa shape index (κ3) is 5.17. The number of nitrogens with zero attached hydrogens (tertiary/aromatic N) is 1. The fraction of sp³-hybridized carbons (Fsp3) is 0.290. The molecular formula is C31H35NO4Si. The van der Waals surface area contributed by atoms with Crippen LogP contribution < -0.4 is 10.4 Å². The lowest BCUT2D eigenvalue weighted by atomic mass is 9.96. The summed E-state index contributed by atoms with van der Waals surface area (Å²) < 4.78 is 18.2. The molecule has 6 heteroatoms. The fourth-order valence-electron chi connectivity index (χ4n) is 4.96. The third-order valence-corrected chi connectivity index (χ3v) is 11.9. The summed E-state index contributed by atoms with van der Waals surface area (Å²) in [5, 5.41) is 2.30. The Labute approximate surface area is 220 Å². The molecule has 2 atom stereocenters. The number of methoxy groups -OCH3 is 1. The van der Waals surface area contributed by atoms with Gasteiger partial charge in [0.15, 0.2) is 11.6 Å². The van der Waals surface area contributed by atoms with Crippen molar-refractivity contribution in [1.29, 1.82) is 0 Å². The van der Waals surface area contributed by atoms with Gasteiger partial charge in [0.2, 0.25) is 5.90 Å². The van der Waals surface area contributed by atoms with Gasteiger partial charge in [-0.1, -0.05) is 106 Å². The van der Waals surface area contributed by atoms with Crippen LogP contribution in [0.25, 0.3) is 0 Å². The van der Waals surface area contributed by atoms with Gasteiger partial charge in [-0.3, -0.25) is 0 Å². The van der Waals surface area contributed by atoms with Crippen LogP contribution in [0.5, 0.6) is 0 Å². The molecule has 3 aromatic rings. The first-order valence-corrected chi connectivity index (χ1v) is 14.5. The summed E-state index contributed by atoms with van der Waals surface area (Å²) in [4.78, 5) is 17.4. The van der Waals surface area contributed by atoms with Crippen LogP contribution in [0.15, 0.2) is 108 Å². The lowest BCUT2D eigenvalue weighted by Gasteiger charge is -2.42. The zero-order valence-electron chi connectivity index (χ0n) is 22.2. The Morgan fingerprint density at radius 3 is 1.95 bits per heavy atom. The zero-order valence-corrected chi connectivity index (χ0v) is 23.2. The van der Waals surface area contributed by atoms with E-state index in [1.165, 1.54) is 17.5 Å². The predicted molar refractivity (Wildman–Crippen MR) is 151 cm³/mol. The highest BCUT2D eigenvalue weighted by atomic mass is 28.4. The number of ether oxygens (including phenoxy) is 2. The quantitative estimate of drug-likeness (QED) is 0.244. The maximum absolute atomic E-state index is 12.7. The van der Waals surface area contributed by atoms with Gasteiger partial charge in [-0.15, -0.1) is 0 Å². The van der Waals surface area contributed by atoms with E-state index in [9.17, 15) is 4.79 Å². The predicted octanol–water partition coefficient (Wildman–Crippen LogP) is 4.90. The monoisotopic (exact) mass is 513 g/mol. The van der Waals surface area contributed by atoms with Crippen LogP contribution in [-0.4, -0.2) is 45.5 Å². The molecule has 0 spiro atoms. The molecule has 1 heterocycles. The van der Waals surface area contributed by atoms with Gasteiger partial charge in [0.25, 0.3) is 8.32 Å². The van der Waals surface area contributed by atoms with Crippen molar-refractivity contribution in [2.75, 3.05) is 13.7 Å². The van der Waals surface area contributed by atoms with E-state index in [1.807, 2.05) is 54.6 Å². The van der Waals surface area contributed by atoms with Gasteiger partial charge in [0.1, 0.15) is 0 Å². The van der Waals surface area contributed by atoms with E-state index in [0.29, 0.717) is 12.5 Å². The number of rotatable bonds is 8. The van der Waals surface area contributed by atoms with Crippen molar-refractivity contribution in [2.45, 2.75) is 44.4 Å². The van der Waals surface area contributed by atoms with E-state index in [-0.39, 0.29) is 5.04 Å². The molecule has 0 saturated carbocycles. The summed E-state index contributed by atoms with van der Waals surface area (Å²) in [5.41, 5.74) is -0.370. The topological polar surface area (TPSA) is 57.1 Å². The molecule has 0 aromatic heterocycles. The Morgan fingerprint density at radius 2 is 1.46 bits per heavy atom. The van der Waals surface area contributed by atoms with Crippen molar-refractivity contribution in [1.82, 2.24) is 0 Å². The van der Waals surface area contributed by atoms with Crippen LogP contribution in [0, 0.1) is 0 Å². The van der Waals surface area contributed by atoms with Crippen LogP contribution in [0.1, 0.15) is 33.3 Å². The first kappa shape index (κ1) is 26.6. The van der Waals surface area contributed by atoms with Gasteiger partial charge in [0.05, 0.1) is 13.7 Å². The number of esters is 1. The standard InChI is InChI=1S/C31H35NO4Si/c1-30(2,3)37(25-18-11-7-12-19-25,26-20-13-8-14-21-26)35-23-15-22-27-31(4,29(33)34-5)32-28(36-27)24-16-9-6-10-17-24/h6-22,27H,23H2,1-5H3/b22-15+/t27-,31-/m0/s1. The first-order valence-electron chi connectivity index (χ1n) is 12.5. The van der Waals surface area contributed by atoms with E-state index in [4.69, 9.17) is 13.9 Å². The van der Waals surface area contributed by atoms with E-state index in [2.05, 4.69) is 74.3 Å². The van der Waals surface area contributed by atoms with Gasteiger partial charge in [-0.05, 0) is 40.5 Å². The molecule has 0 bridgehead atoms. The summed E-state index contributed by atoms with van der Waals surface area (Å²) >= 11 is 0. The Balaban J connectivity index is 1.63. The minimum absolute atomic E-state index is 0.127. The molecule has 0 saturated heterocycles. The van der Waals surface area contributed by atoms with E-state index < -0.39 is 25.9 Å². The lowest BCUT2D eigenvalue weighted by molar-refractivity contribution is -0.147. The number of carbonyl (C=O) groups excluding carboxylic acids is 1. The molecule has 4 rings (SSSR count). The molecule has 37 heavy (non-hydrogen) atoms. The molecule has 0 N–H and O–H groups in total. The Kier molecular flexibility index (Phi) is 7.81. The van der Waals surface area contributed by atoms with Gasteiger partial charge >= 0.3 is 5.97 Å². The highest BCUT2D eigenvalue weighted by Gasteiger charge is 2.50. The van der Waals surface area contributed by atoms with Crippen LogP contribution >= 0.6 is 0 Å². The number of hydrogen-bond acceptors (Lipinski definition) is 5. The zero-order chi connectivity index (χ0) is 26.5. The van der Waals surface area contributed by atoms with Gasteiger partial charge in [-0.2, -0.15) is 0 Å². The minimum atomic E-state index is -2.67.